The van der Waals surface area contributed by atoms with Gasteiger partial charge in [0, 0.05) is 13.1 Å². The molecule has 0 spiro atoms. The third kappa shape index (κ3) is 3.21. The van der Waals surface area contributed by atoms with Crippen LogP contribution in [0.15, 0.2) is 0 Å². The van der Waals surface area contributed by atoms with Crippen molar-refractivity contribution in [1.29, 1.82) is 0 Å². The number of aliphatic carboxylic acids is 1. The fourth-order valence-corrected chi connectivity index (χ4v) is 1.33. The fourth-order valence-electron chi connectivity index (χ4n) is 1.33. The molecule has 1 fully saturated rings. The van der Waals surface area contributed by atoms with Crippen molar-refractivity contribution in [3.05, 3.63) is 0 Å². The Bertz CT molecular complexity index is 223. The minimum absolute atomic E-state index is 0.335. The van der Waals surface area contributed by atoms with Gasteiger partial charge in [0.25, 0.3) is 0 Å². The molecule has 6 heteroatoms. The first-order valence-corrected chi connectivity index (χ1v) is 4.52. The Labute approximate surface area is 81.5 Å². The lowest BCUT2D eigenvalue weighted by atomic mass is 10.1. The molecular formula is C8H14N2O4. The van der Waals surface area contributed by atoms with Crippen LogP contribution in [-0.4, -0.2) is 52.9 Å². The van der Waals surface area contributed by atoms with E-state index < -0.39 is 5.97 Å². The second-order valence-electron chi connectivity index (χ2n) is 3.27. The molecule has 80 valence electrons. The van der Waals surface area contributed by atoms with Gasteiger partial charge in [0.2, 0.25) is 0 Å². The molecular weight excluding hydrogens is 188 g/mol. The first kappa shape index (κ1) is 10.8. The smallest absolute Gasteiger partial charge is 0.323 e. The average molecular weight is 202 g/mol. The van der Waals surface area contributed by atoms with Crippen molar-refractivity contribution < 1.29 is 19.8 Å². The standard InChI is InChI=1S/C8H14N2O4/c11-6-1-3-10(4-2-6)8(14)9-5-7(12)13/h6,11H,1-5H2,(H,9,14)(H,12,13). The van der Waals surface area contributed by atoms with Crippen LogP contribution in [0.25, 0.3) is 0 Å². The van der Waals surface area contributed by atoms with Gasteiger partial charge in [-0.1, -0.05) is 0 Å². The molecule has 1 saturated heterocycles. The highest BCUT2D eigenvalue weighted by atomic mass is 16.4. The molecule has 1 rings (SSSR count). The molecule has 1 heterocycles. The SMILES string of the molecule is O=C(O)CNC(=O)N1CCC(O)CC1. The van der Waals surface area contributed by atoms with E-state index in [4.69, 9.17) is 5.11 Å². The zero-order chi connectivity index (χ0) is 10.6. The topological polar surface area (TPSA) is 89.9 Å². The van der Waals surface area contributed by atoms with Crippen LogP contribution in [0.1, 0.15) is 12.8 Å². The average Bonchev–Trinajstić information content (AvgIpc) is 2.15. The summed E-state index contributed by atoms with van der Waals surface area (Å²) >= 11 is 0. The molecule has 0 bridgehead atoms. The van der Waals surface area contributed by atoms with Crippen LogP contribution in [0.5, 0.6) is 0 Å². The third-order valence-electron chi connectivity index (χ3n) is 2.14. The summed E-state index contributed by atoms with van der Waals surface area (Å²) in [5.74, 6) is -1.06. The van der Waals surface area contributed by atoms with E-state index in [1.165, 1.54) is 4.90 Å². The Morgan fingerprint density at radius 1 is 1.36 bits per heavy atom. The summed E-state index contributed by atoms with van der Waals surface area (Å²) < 4.78 is 0. The van der Waals surface area contributed by atoms with Crippen molar-refractivity contribution in [3.63, 3.8) is 0 Å². The van der Waals surface area contributed by atoms with E-state index in [1.54, 1.807) is 0 Å². The van der Waals surface area contributed by atoms with Crippen LogP contribution < -0.4 is 5.32 Å². The summed E-state index contributed by atoms with van der Waals surface area (Å²) in [6, 6.07) is -0.376. The molecule has 0 aromatic heterocycles. The Kier molecular flexibility index (Phi) is 3.70. The van der Waals surface area contributed by atoms with Gasteiger partial charge in [0.05, 0.1) is 6.10 Å². The van der Waals surface area contributed by atoms with Crippen LogP contribution in [0.3, 0.4) is 0 Å². The molecule has 0 aromatic carbocycles. The predicted octanol–water partition coefficient (Wildman–Crippen LogP) is -0.763. The molecule has 0 aromatic rings. The Morgan fingerprint density at radius 2 is 1.93 bits per heavy atom. The Morgan fingerprint density at radius 3 is 2.43 bits per heavy atom. The molecule has 0 aliphatic carbocycles. The van der Waals surface area contributed by atoms with Crippen molar-refractivity contribution >= 4 is 12.0 Å². The third-order valence-corrected chi connectivity index (χ3v) is 2.14. The summed E-state index contributed by atoms with van der Waals surface area (Å²) in [4.78, 5) is 23.0. The highest BCUT2D eigenvalue weighted by molar-refractivity contribution is 5.79. The van der Waals surface area contributed by atoms with Crippen LogP contribution in [-0.2, 0) is 4.79 Å². The monoisotopic (exact) mass is 202 g/mol. The number of carboxylic acid groups (broad SMARTS) is 1. The van der Waals surface area contributed by atoms with Gasteiger partial charge in [-0.25, -0.2) is 4.79 Å². The lowest BCUT2D eigenvalue weighted by Gasteiger charge is -2.29. The zero-order valence-electron chi connectivity index (χ0n) is 7.77. The summed E-state index contributed by atoms with van der Waals surface area (Å²) in [5.41, 5.74) is 0. The maximum atomic E-state index is 11.3. The summed E-state index contributed by atoms with van der Waals surface area (Å²) in [6.45, 7) is 0.594. The van der Waals surface area contributed by atoms with Gasteiger partial charge >= 0.3 is 12.0 Å². The second-order valence-corrected chi connectivity index (χ2v) is 3.27. The summed E-state index contributed by atoms with van der Waals surface area (Å²) in [7, 11) is 0. The van der Waals surface area contributed by atoms with Crippen molar-refractivity contribution in [1.82, 2.24) is 10.2 Å². The molecule has 14 heavy (non-hydrogen) atoms. The number of urea groups is 1. The summed E-state index contributed by atoms with van der Waals surface area (Å²) in [6.07, 6.45) is 0.777. The molecule has 0 radical (unpaired) electrons. The number of aliphatic hydroxyl groups is 1. The second kappa shape index (κ2) is 4.80. The molecule has 1 aliphatic heterocycles. The molecule has 0 unspecified atom stereocenters. The van der Waals surface area contributed by atoms with E-state index in [2.05, 4.69) is 5.32 Å². The number of likely N-dealkylation sites (tertiary alicyclic amines) is 1. The van der Waals surface area contributed by atoms with Gasteiger partial charge < -0.3 is 20.4 Å². The molecule has 0 saturated carbocycles. The quantitative estimate of drug-likeness (QED) is 0.549. The van der Waals surface area contributed by atoms with E-state index in [1.807, 2.05) is 0 Å². The number of aliphatic hydroxyl groups excluding tert-OH is 1. The largest absolute Gasteiger partial charge is 0.480 e. The molecule has 0 atom stereocenters. The van der Waals surface area contributed by atoms with Crippen LogP contribution in [0, 0.1) is 0 Å². The molecule has 2 amide bonds. The minimum Gasteiger partial charge on any atom is -0.480 e. The number of hydrogen-bond donors (Lipinski definition) is 3. The predicted molar refractivity (Wildman–Crippen MR) is 47.8 cm³/mol. The van der Waals surface area contributed by atoms with Crippen LogP contribution in [0.2, 0.25) is 0 Å². The van der Waals surface area contributed by atoms with E-state index in [0.29, 0.717) is 25.9 Å². The number of carboxylic acids is 1. The number of piperidine rings is 1. The number of rotatable bonds is 2. The van der Waals surface area contributed by atoms with Crippen LogP contribution in [0.4, 0.5) is 4.79 Å². The molecule has 1 aliphatic rings. The van der Waals surface area contributed by atoms with E-state index in [9.17, 15) is 14.7 Å². The van der Waals surface area contributed by atoms with Gasteiger partial charge in [-0.05, 0) is 12.8 Å². The van der Waals surface area contributed by atoms with Gasteiger partial charge in [0.1, 0.15) is 6.54 Å². The Balaban J connectivity index is 2.27. The number of hydrogen-bond acceptors (Lipinski definition) is 3. The number of carbonyl (C=O) groups excluding carboxylic acids is 1. The lowest BCUT2D eigenvalue weighted by Crippen LogP contribution is -2.46. The minimum atomic E-state index is -1.06. The highest BCUT2D eigenvalue weighted by Crippen LogP contribution is 2.09. The van der Waals surface area contributed by atoms with Gasteiger partial charge in [-0.15, -0.1) is 0 Å². The van der Waals surface area contributed by atoms with Crippen LogP contribution >= 0.6 is 0 Å². The van der Waals surface area contributed by atoms with Gasteiger partial charge in [0.15, 0.2) is 0 Å². The van der Waals surface area contributed by atoms with Crippen molar-refractivity contribution in [2.75, 3.05) is 19.6 Å². The fraction of sp³-hybridized carbons (Fsp3) is 0.750. The molecule has 6 nitrogen and oxygen atoms in total. The Hall–Kier alpha value is -1.30. The number of nitrogens with zero attached hydrogens (tertiary/aromatic N) is 1. The van der Waals surface area contributed by atoms with Gasteiger partial charge in [-0.2, -0.15) is 0 Å². The van der Waals surface area contributed by atoms with E-state index >= 15 is 0 Å². The molecule has 3 N–H and O–H groups in total. The lowest BCUT2D eigenvalue weighted by molar-refractivity contribution is -0.135. The first-order valence-electron chi connectivity index (χ1n) is 4.52. The van der Waals surface area contributed by atoms with Crippen molar-refractivity contribution in [2.24, 2.45) is 0 Å². The first-order chi connectivity index (χ1) is 6.59. The van der Waals surface area contributed by atoms with E-state index in [0.717, 1.165) is 0 Å². The maximum Gasteiger partial charge on any atom is 0.323 e. The van der Waals surface area contributed by atoms with Gasteiger partial charge in [-0.3, -0.25) is 4.79 Å². The number of nitrogens with one attached hydrogen (secondary N) is 1. The van der Waals surface area contributed by atoms with Crippen molar-refractivity contribution in [2.45, 2.75) is 18.9 Å². The highest BCUT2D eigenvalue weighted by Gasteiger charge is 2.21. The normalized spacial score (nSPS) is 17.9. The van der Waals surface area contributed by atoms with E-state index in [-0.39, 0.29) is 18.7 Å². The number of carbonyl (C=O) groups is 2. The zero-order valence-corrected chi connectivity index (χ0v) is 7.77. The van der Waals surface area contributed by atoms with Crippen molar-refractivity contribution in [3.8, 4) is 0 Å². The number of amides is 2. The summed E-state index contributed by atoms with van der Waals surface area (Å²) in [5, 5.41) is 19.8. The maximum absolute atomic E-state index is 11.3.